The van der Waals surface area contributed by atoms with E-state index in [1.165, 1.54) is 17.4 Å². The Morgan fingerprint density at radius 2 is 1.85 bits per heavy atom. The number of benzene rings is 1. The molecular formula is C18H20ClF2N3O2S. The molecular weight excluding hydrogens is 396 g/mol. The van der Waals surface area contributed by atoms with Gasteiger partial charge >= 0.3 is 0 Å². The number of anilines is 1. The van der Waals surface area contributed by atoms with Gasteiger partial charge in [-0.2, -0.15) is 0 Å². The first-order valence-corrected chi connectivity index (χ1v) is 9.05. The second-order valence-corrected chi connectivity index (χ2v) is 7.54. The van der Waals surface area contributed by atoms with Gasteiger partial charge in [-0.3, -0.25) is 14.5 Å². The minimum Gasteiger partial charge on any atom is -0.365 e. The minimum absolute atomic E-state index is 0. The molecule has 2 amide bonds. The molecule has 2 heterocycles. The first-order chi connectivity index (χ1) is 12.3. The van der Waals surface area contributed by atoms with Gasteiger partial charge in [0, 0.05) is 24.0 Å². The maximum atomic E-state index is 13.8. The summed E-state index contributed by atoms with van der Waals surface area (Å²) in [6.45, 7) is 5.58. The number of rotatable bonds is 4. The molecule has 0 saturated carbocycles. The fourth-order valence-corrected chi connectivity index (χ4v) is 4.37. The van der Waals surface area contributed by atoms with E-state index in [0.717, 1.165) is 29.1 Å². The third kappa shape index (κ3) is 4.12. The van der Waals surface area contributed by atoms with Crippen molar-refractivity contribution in [1.29, 1.82) is 0 Å². The summed E-state index contributed by atoms with van der Waals surface area (Å²) < 4.78 is 27.7. The molecule has 2 aromatic rings. The monoisotopic (exact) mass is 415 g/mol. The molecule has 1 aromatic heterocycles. The molecule has 0 atom stereocenters. The van der Waals surface area contributed by atoms with E-state index >= 15 is 0 Å². The Labute approximate surface area is 165 Å². The van der Waals surface area contributed by atoms with Gasteiger partial charge in [0.2, 0.25) is 0 Å². The highest BCUT2D eigenvalue weighted by Crippen LogP contribution is 2.37. The fraction of sp³-hybridized carbons (Fsp3) is 0.333. The Hall–Kier alpha value is -2.03. The molecule has 0 spiro atoms. The van der Waals surface area contributed by atoms with E-state index in [4.69, 9.17) is 5.73 Å². The Balaban J connectivity index is 0.00000261. The van der Waals surface area contributed by atoms with Crippen molar-refractivity contribution in [2.45, 2.75) is 32.9 Å². The fourth-order valence-electron chi connectivity index (χ4n) is 3.09. The van der Waals surface area contributed by atoms with Crippen molar-refractivity contribution in [3.8, 4) is 0 Å². The van der Waals surface area contributed by atoms with Gasteiger partial charge in [0.05, 0.1) is 5.56 Å². The zero-order valence-corrected chi connectivity index (χ0v) is 16.5. The van der Waals surface area contributed by atoms with Gasteiger partial charge in [-0.05, 0) is 38.0 Å². The zero-order valence-electron chi connectivity index (χ0n) is 14.8. The topological polar surface area (TPSA) is 75.4 Å². The van der Waals surface area contributed by atoms with Crippen molar-refractivity contribution in [2.24, 2.45) is 5.73 Å². The number of nitrogens with two attached hydrogens (primary N) is 1. The van der Waals surface area contributed by atoms with Gasteiger partial charge in [0.1, 0.15) is 22.2 Å². The number of nitrogens with one attached hydrogen (secondary N) is 1. The largest absolute Gasteiger partial charge is 0.365 e. The number of thiophene rings is 1. The molecule has 27 heavy (non-hydrogen) atoms. The molecule has 3 rings (SSSR count). The van der Waals surface area contributed by atoms with Crippen molar-refractivity contribution in [3.63, 3.8) is 0 Å². The van der Waals surface area contributed by atoms with Gasteiger partial charge < -0.3 is 11.1 Å². The second-order valence-electron chi connectivity index (χ2n) is 6.44. The SMILES string of the molecule is CC(C)N1CCc2c(sc(NC(=O)c3c(F)cccc3F)c2C(N)=O)C1.Cl. The number of nitrogens with zero attached hydrogens (tertiary/aromatic N) is 1. The van der Waals surface area contributed by atoms with Crippen LogP contribution < -0.4 is 11.1 Å². The van der Waals surface area contributed by atoms with Gasteiger partial charge in [-0.15, -0.1) is 23.7 Å². The van der Waals surface area contributed by atoms with Crippen LogP contribution in [0.2, 0.25) is 0 Å². The van der Waals surface area contributed by atoms with E-state index in [1.807, 2.05) is 0 Å². The van der Waals surface area contributed by atoms with Gasteiger partial charge in [-0.25, -0.2) is 8.78 Å². The first-order valence-electron chi connectivity index (χ1n) is 8.23. The van der Waals surface area contributed by atoms with Crippen LogP contribution in [-0.4, -0.2) is 29.3 Å². The van der Waals surface area contributed by atoms with Gasteiger partial charge in [0.15, 0.2) is 0 Å². The summed E-state index contributed by atoms with van der Waals surface area (Å²) in [4.78, 5) is 27.5. The van der Waals surface area contributed by atoms with E-state index in [-0.39, 0.29) is 23.0 Å². The van der Waals surface area contributed by atoms with Crippen molar-refractivity contribution in [1.82, 2.24) is 4.90 Å². The average molecular weight is 416 g/mol. The third-order valence-electron chi connectivity index (χ3n) is 4.48. The normalized spacial score (nSPS) is 13.8. The van der Waals surface area contributed by atoms with E-state index in [0.29, 0.717) is 19.0 Å². The first kappa shape index (κ1) is 21.3. The van der Waals surface area contributed by atoms with E-state index in [9.17, 15) is 18.4 Å². The predicted molar refractivity (Wildman–Crippen MR) is 104 cm³/mol. The number of halogens is 3. The lowest BCUT2D eigenvalue weighted by atomic mass is 10.0. The summed E-state index contributed by atoms with van der Waals surface area (Å²) in [5, 5.41) is 2.71. The van der Waals surface area contributed by atoms with Gasteiger partial charge in [0.25, 0.3) is 11.8 Å². The third-order valence-corrected chi connectivity index (χ3v) is 5.61. The number of hydrogen-bond acceptors (Lipinski definition) is 4. The number of fused-ring (bicyclic) bond motifs is 1. The van der Waals surface area contributed by atoms with Crippen LogP contribution >= 0.6 is 23.7 Å². The average Bonchev–Trinajstić information content (AvgIpc) is 2.91. The Kier molecular flexibility index (Phi) is 6.56. The lowest BCUT2D eigenvalue weighted by Crippen LogP contribution is -2.35. The highest BCUT2D eigenvalue weighted by Gasteiger charge is 2.29. The summed E-state index contributed by atoms with van der Waals surface area (Å²) in [6.07, 6.45) is 0.631. The maximum absolute atomic E-state index is 13.8. The van der Waals surface area contributed by atoms with Crippen LogP contribution in [-0.2, 0) is 13.0 Å². The molecule has 1 aromatic carbocycles. The molecule has 0 bridgehead atoms. The van der Waals surface area contributed by atoms with E-state index < -0.39 is 29.0 Å². The number of hydrogen-bond donors (Lipinski definition) is 2. The lowest BCUT2D eigenvalue weighted by molar-refractivity contribution is 0.0999. The molecule has 0 fully saturated rings. The molecule has 0 unspecified atom stereocenters. The molecule has 0 saturated heterocycles. The standard InChI is InChI=1S/C18H19F2N3O2S.ClH/c1-9(2)23-7-6-10-13(8-23)26-18(14(10)16(21)24)22-17(25)15-11(19)4-3-5-12(15)20;/h3-5,9H,6-8H2,1-2H3,(H2,21,24)(H,22,25);1H. The van der Waals surface area contributed by atoms with E-state index in [1.54, 1.807) is 0 Å². The van der Waals surface area contributed by atoms with Gasteiger partial charge in [-0.1, -0.05) is 6.07 Å². The zero-order chi connectivity index (χ0) is 19.0. The number of amides is 2. The Bertz CT molecular complexity index is 865. The van der Waals surface area contributed by atoms with E-state index in [2.05, 4.69) is 24.1 Å². The summed E-state index contributed by atoms with van der Waals surface area (Å²) in [5.74, 6) is -3.53. The van der Waals surface area contributed by atoms with Crippen LogP contribution in [0.15, 0.2) is 18.2 Å². The van der Waals surface area contributed by atoms with Crippen molar-refractivity contribution < 1.29 is 18.4 Å². The highest BCUT2D eigenvalue weighted by molar-refractivity contribution is 7.17. The minimum atomic E-state index is -0.963. The molecule has 0 aliphatic carbocycles. The van der Waals surface area contributed by atoms with Crippen LogP contribution in [0.1, 0.15) is 45.0 Å². The molecule has 1 aliphatic heterocycles. The number of primary amides is 1. The molecule has 5 nitrogen and oxygen atoms in total. The smallest absolute Gasteiger partial charge is 0.262 e. The number of carbonyl (C=O) groups excluding carboxylic acids is 2. The van der Waals surface area contributed by atoms with Crippen molar-refractivity contribution in [3.05, 3.63) is 51.4 Å². The summed E-state index contributed by atoms with van der Waals surface area (Å²) in [5.41, 5.74) is 5.87. The molecule has 1 aliphatic rings. The van der Waals surface area contributed by atoms with Crippen molar-refractivity contribution >= 4 is 40.6 Å². The summed E-state index contributed by atoms with van der Waals surface area (Å²) >= 11 is 1.23. The summed E-state index contributed by atoms with van der Waals surface area (Å²) in [7, 11) is 0. The molecule has 3 N–H and O–H groups in total. The predicted octanol–water partition coefficient (Wildman–Crippen LogP) is 3.57. The van der Waals surface area contributed by atoms with Crippen molar-refractivity contribution in [2.75, 3.05) is 11.9 Å². The molecule has 146 valence electrons. The van der Waals surface area contributed by atoms with Crippen LogP contribution in [0.5, 0.6) is 0 Å². The highest BCUT2D eigenvalue weighted by atomic mass is 35.5. The quantitative estimate of drug-likeness (QED) is 0.801. The Morgan fingerprint density at radius 1 is 1.22 bits per heavy atom. The maximum Gasteiger partial charge on any atom is 0.262 e. The number of carbonyl (C=O) groups is 2. The molecule has 9 heteroatoms. The Morgan fingerprint density at radius 3 is 2.41 bits per heavy atom. The van der Waals surface area contributed by atoms with Crippen LogP contribution in [0, 0.1) is 11.6 Å². The van der Waals surface area contributed by atoms with Crippen LogP contribution in [0.4, 0.5) is 13.8 Å². The summed E-state index contributed by atoms with van der Waals surface area (Å²) in [6, 6.07) is 3.54. The van der Waals surface area contributed by atoms with Crippen LogP contribution in [0.3, 0.4) is 0 Å². The van der Waals surface area contributed by atoms with Crippen LogP contribution in [0.25, 0.3) is 0 Å². The lowest BCUT2D eigenvalue weighted by Gasteiger charge is -2.30. The second kappa shape index (κ2) is 8.33. The molecule has 0 radical (unpaired) electrons.